The summed E-state index contributed by atoms with van der Waals surface area (Å²) in [5, 5.41) is 9.23. The summed E-state index contributed by atoms with van der Waals surface area (Å²) < 4.78 is 9.26. The second-order valence-corrected chi connectivity index (χ2v) is 5.21. The van der Waals surface area contributed by atoms with E-state index in [0.29, 0.717) is 19.4 Å². The number of methoxy groups -OCH3 is 1. The minimum atomic E-state index is -3.56. The lowest BCUT2D eigenvalue weighted by molar-refractivity contribution is 0.0897. The molecule has 0 aliphatic carbocycles. The van der Waals surface area contributed by atoms with Crippen LogP contribution in [0.2, 0.25) is 0 Å². The lowest BCUT2D eigenvalue weighted by atomic mass is 10.2. The Morgan fingerprint density at radius 1 is 1.31 bits per heavy atom. The van der Waals surface area contributed by atoms with Crippen LogP contribution in [0, 0.1) is 0 Å². The van der Waals surface area contributed by atoms with Crippen molar-refractivity contribution in [3.63, 3.8) is 0 Å². The van der Waals surface area contributed by atoms with Crippen LogP contribution in [0.5, 0.6) is 0 Å². The van der Waals surface area contributed by atoms with E-state index in [4.69, 9.17) is 14.5 Å². The van der Waals surface area contributed by atoms with Gasteiger partial charge in [0.05, 0.1) is 12.7 Å². The first kappa shape index (κ1) is 13.4. The Bertz CT molecular complexity index is 170. The predicted octanol–water partition coefficient (Wildman–Crippen LogP) is -0.000400. The van der Waals surface area contributed by atoms with Gasteiger partial charge in [-0.1, -0.05) is 0 Å². The number of hydrogen-bond acceptors (Lipinski definition) is 4. The Labute approximate surface area is 82.6 Å². The zero-order valence-corrected chi connectivity index (χ0v) is 9.13. The topological polar surface area (TPSA) is 79.2 Å². The number of rotatable bonds is 7. The molecule has 0 amide bonds. The van der Waals surface area contributed by atoms with Gasteiger partial charge in [-0.3, -0.25) is 0 Å². The molecule has 0 aromatic carbocycles. The van der Waals surface area contributed by atoms with Crippen LogP contribution in [0.25, 0.3) is 0 Å². The summed E-state index contributed by atoms with van der Waals surface area (Å²) in [6, 6.07) is 0. The van der Waals surface area contributed by atoms with E-state index in [0.717, 1.165) is 0 Å². The Morgan fingerprint density at radius 2 is 1.85 bits per heavy atom. The van der Waals surface area contributed by atoms with Crippen molar-refractivity contribution in [1.29, 1.82) is 0 Å². The molecule has 1 unspecified atom stereocenters. The van der Waals surface area contributed by atoms with Gasteiger partial charge in [-0.2, -0.15) is 0 Å². The third-order valence-corrected chi connectivity index (χ3v) is 2.20. The maximum atomic E-state index is 9.23. The van der Waals surface area contributed by atoms with Gasteiger partial charge in [0.2, 0.25) is 0 Å². The summed E-state index contributed by atoms with van der Waals surface area (Å²) in [4.78, 5) is 17.3. The summed E-state index contributed by atoms with van der Waals surface area (Å²) in [7, 11) is 1.55. The fraction of sp³-hybridized carbons (Fsp3) is 1.00. The zero-order valence-electron chi connectivity index (χ0n) is 7.42. The smallest absolute Gasteiger partial charge is 0.321 e. The van der Waals surface area contributed by atoms with Crippen molar-refractivity contribution >= 4 is 18.5 Å². The quantitative estimate of drug-likeness (QED) is 0.534. The number of hydrogen-bond donors (Lipinski definition) is 3. The van der Waals surface area contributed by atoms with Gasteiger partial charge >= 0.3 is 6.72 Å². The summed E-state index contributed by atoms with van der Waals surface area (Å²) in [5.41, 5.74) is 0. The number of aliphatic hydroxyl groups is 1. The number of aliphatic hydroxyl groups excluding tert-OH is 1. The van der Waals surface area contributed by atoms with Crippen LogP contribution in [0.4, 0.5) is 0 Å². The van der Waals surface area contributed by atoms with Crippen LogP contribution < -0.4 is 0 Å². The van der Waals surface area contributed by atoms with Crippen LogP contribution in [-0.4, -0.2) is 41.3 Å². The fourth-order valence-electron chi connectivity index (χ4n) is 0.706. The molecule has 0 aliphatic heterocycles. The predicted molar refractivity (Wildman–Crippen MR) is 51.8 cm³/mol. The average Bonchev–Trinajstić information content (AvgIpc) is 1.98. The maximum absolute atomic E-state index is 9.23. The molecule has 0 fully saturated rings. The highest BCUT2D eigenvalue weighted by atomic mass is 32.5. The normalized spacial score (nSPS) is 14.5. The molecule has 0 aromatic rings. The summed E-state index contributed by atoms with van der Waals surface area (Å²) in [6.07, 6.45) is 0.268. The van der Waals surface area contributed by atoms with Crippen LogP contribution in [0.1, 0.15) is 12.8 Å². The molecule has 0 heterocycles. The standard InChI is InChI=1S/C6H15O5PS/c1-10-4-2-6(7)3-5-11-12(8,9)13/h6-7H,2-5H2,1H3,(H2,8,9,13). The van der Waals surface area contributed by atoms with Gasteiger partial charge in [0, 0.05) is 13.7 Å². The molecule has 13 heavy (non-hydrogen) atoms. The Kier molecular flexibility index (Phi) is 7.07. The Balaban J connectivity index is 3.37. The van der Waals surface area contributed by atoms with E-state index in [1.54, 1.807) is 7.11 Å². The summed E-state index contributed by atoms with van der Waals surface area (Å²) >= 11 is 4.22. The van der Waals surface area contributed by atoms with E-state index < -0.39 is 12.8 Å². The molecule has 80 valence electrons. The van der Waals surface area contributed by atoms with Crippen molar-refractivity contribution in [3.8, 4) is 0 Å². The molecule has 0 spiro atoms. The van der Waals surface area contributed by atoms with Crippen molar-refractivity contribution < 1.29 is 24.2 Å². The van der Waals surface area contributed by atoms with E-state index in [-0.39, 0.29) is 6.61 Å². The number of ether oxygens (including phenoxy) is 1. The molecule has 0 aromatic heterocycles. The third-order valence-electron chi connectivity index (χ3n) is 1.37. The van der Waals surface area contributed by atoms with Gasteiger partial charge in [0.25, 0.3) is 0 Å². The van der Waals surface area contributed by atoms with Crippen molar-refractivity contribution in [2.75, 3.05) is 20.3 Å². The lowest BCUT2D eigenvalue weighted by Gasteiger charge is -2.11. The molecule has 0 saturated carbocycles. The minimum Gasteiger partial charge on any atom is -0.393 e. The molecule has 0 aliphatic rings. The average molecular weight is 230 g/mol. The van der Waals surface area contributed by atoms with E-state index in [2.05, 4.69) is 16.3 Å². The first-order chi connectivity index (χ1) is 5.95. The fourth-order valence-corrected chi connectivity index (χ4v) is 1.27. The molecule has 3 N–H and O–H groups in total. The minimum absolute atomic E-state index is 0.0508. The van der Waals surface area contributed by atoms with Gasteiger partial charge in [-0.05, 0) is 24.6 Å². The molecule has 0 saturated heterocycles. The van der Waals surface area contributed by atoms with Crippen molar-refractivity contribution in [1.82, 2.24) is 0 Å². The summed E-state index contributed by atoms with van der Waals surface area (Å²) in [5.74, 6) is 0. The lowest BCUT2D eigenvalue weighted by Crippen LogP contribution is -2.12. The van der Waals surface area contributed by atoms with Gasteiger partial charge in [-0.15, -0.1) is 0 Å². The zero-order chi connectivity index (χ0) is 10.3. The largest absolute Gasteiger partial charge is 0.393 e. The Hall–Kier alpha value is 0.450. The second kappa shape index (κ2) is 6.84. The maximum Gasteiger partial charge on any atom is 0.321 e. The van der Waals surface area contributed by atoms with Gasteiger partial charge < -0.3 is 24.2 Å². The van der Waals surface area contributed by atoms with Crippen LogP contribution in [0.3, 0.4) is 0 Å². The van der Waals surface area contributed by atoms with Crippen molar-refractivity contribution in [3.05, 3.63) is 0 Å². The summed E-state index contributed by atoms with van der Waals surface area (Å²) in [6.45, 7) is -3.04. The van der Waals surface area contributed by atoms with E-state index >= 15 is 0 Å². The van der Waals surface area contributed by atoms with Crippen LogP contribution in [0.15, 0.2) is 0 Å². The van der Waals surface area contributed by atoms with E-state index in [1.807, 2.05) is 0 Å². The van der Waals surface area contributed by atoms with Gasteiger partial charge in [0.1, 0.15) is 0 Å². The SMILES string of the molecule is COCCC(O)CCOP(O)(O)=S. The molecular formula is C6H15O5PS. The van der Waals surface area contributed by atoms with Crippen LogP contribution >= 0.6 is 6.72 Å². The molecule has 1 atom stereocenters. The second-order valence-electron chi connectivity index (χ2n) is 2.55. The Morgan fingerprint density at radius 3 is 2.31 bits per heavy atom. The first-order valence-corrected chi connectivity index (χ1v) is 6.45. The molecule has 0 bridgehead atoms. The highest BCUT2D eigenvalue weighted by Gasteiger charge is 2.09. The van der Waals surface area contributed by atoms with E-state index in [9.17, 15) is 5.11 Å². The highest BCUT2D eigenvalue weighted by molar-refractivity contribution is 8.06. The molecule has 7 heteroatoms. The van der Waals surface area contributed by atoms with Crippen LogP contribution in [-0.2, 0) is 21.1 Å². The van der Waals surface area contributed by atoms with E-state index in [1.165, 1.54) is 0 Å². The molecular weight excluding hydrogens is 215 g/mol. The third kappa shape index (κ3) is 10.4. The molecule has 0 rings (SSSR count). The highest BCUT2D eigenvalue weighted by Crippen LogP contribution is 2.36. The van der Waals surface area contributed by atoms with Gasteiger partial charge in [-0.25, -0.2) is 0 Å². The van der Waals surface area contributed by atoms with Crippen molar-refractivity contribution in [2.24, 2.45) is 0 Å². The van der Waals surface area contributed by atoms with Crippen molar-refractivity contribution in [2.45, 2.75) is 18.9 Å². The molecule has 5 nitrogen and oxygen atoms in total. The first-order valence-electron chi connectivity index (χ1n) is 3.83. The monoisotopic (exact) mass is 230 g/mol. The van der Waals surface area contributed by atoms with Gasteiger partial charge in [0.15, 0.2) is 0 Å². The molecule has 0 radical (unpaired) electrons.